The molecule has 0 spiro atoms. The molecule has 0 unspecified atom stereocenters. The number of nitrogen functional groups attached to an aromatic ring is 1. The third-order valence-corrected chi connectivity index (χ3v) is 2.29. The van der Waals surface area contributed by atoms with Gasteiger partial charge in [0.25, 0.3) is 0 Å². The third-order valence-electron chi connectivity index (χ3n) is 2.29. The van der Waals surface area contributed by atoms with E-state index in [9.17, 15) is 4.79 Å². The second-order valence-electron chi connectivity index (χ2n) is 3.56. The Labute approximate surface area is 131 Å². The van der Waals surface area contributed by atoms with Gasteiger partial charge in [-0.1, -0.05) is 17.8 Å². The molecule has 2 heterocycles. The maximum absolute atomic E-state index is 11.4. The first-order chi connectivity index (χ1) is 8.25. The Morgan fingerprint density at radius 2 is 2.44 bits per heavy atom. The predicted molar refractivity (Wildman–Crippen MR) is 61.8 cm³/mol. The molecule has 0 saturated carbocycles. The number of morpholine rings is 1. The molecule has 1 aromatic rings. The fraction of sp³-hybridized carbons (Fsp3) is 0.333. The van der Waals surface area contributed by atoms with Crippen molar-refractivity contribution in [2.45, 2.75) is 0 Å². The Hall–Kier alpha value is -0.956. The van der Waals surface area contributed by atoms with E-state index in [1.807, 2.05) is 0 Å². The normalized spacial score (nSPS) is 14.4. The number of aromatic nitrogens is 1. The van der Waals surface area contributed by atoms with Crippen LogP contribution in [-0.2, 0) is 42.2 Å². The fourth-order valence-corrected chi connectivity index (χ4v) is 1.38. The van der Waals surface area contributed by atoms with Gasteiger partial charge in [-0.3, -0.25) is 4.79 Å². The van der Waals surface area contributed by atoms with Crippen LogP contribution < -0.4 is 5.73 Å². The third kappa shape index (κ3) is 4.37. The largest absolute Gasteiger partial charge is 0.418 e. The molecule has 0 aromatic carbocycles. The van der Waals surface area contributed by atoms with Gasteiger partial charge in [-0.05, 0) is 5.69 Å². The molecule has 5 nitrogen and oxygen atoms in total. The number of rotatable bonds is 1. The van der Waals surface area contributed by atoms with Crippen LogP contribution >= 0.6 is 0 Å². The van der Waals surface area contributed by atoms with Crippen molar-refractivity contribution in [1.29, 1.82) is 0 Å². The zero-order valence-corrected chi connectivity index (χ0v) is 12.7. The van der Waals surface area contributed by atoms with Crippen molar-refractivity contribution in [1.82, 2.24) is 9.88 Å². The maximum Gasteiger partial charge on any atom is 0.249 e. The van der Waals surface area contributed by atoms with E-state index in [0.29, 0.717) is 31.1 Å². The predicted octanol–water partition coefficient (Wildman–Crippen LogP) is -0.328. The molecule has 91 valence electrons. The van der Waals surface area contributed by atoms with E-state index in [0.717, 1.165) is 0 Å². The van der Waals surface area contributed by atoms with Crippen molar-refractivity contribution in [3.63, 3.8) is 0 Å². The minimum absolute atomic E-state index is 0. The van der Waals surface area contributed by atoms with Crippen molar-refractivity contribution in [2.75, 3.05) is 32.0 Å². The Kier molecular flexibility index (Phi) is 6.27. The summed E-state index contributed by atoms with van der Waals surface area (Å²) in [6.45, 7) is 1.71. The van der Waals surface area contributed by atoms with E-state index in [1.165, 1.54) is 6.20 Å². The molecule has 1 aliphatic heterocycles. The molecule has 0 atom stereocenters. The first-order valence-corrected chi connectivity index (χ1v) is 5.23. The van der Waals surface area contributed by atoms with E-state index in [2.05, 4.69) is 22.9 Å². The average molecular weight is 319 g/mol. The number of hydrogen-bond acceptors (Lipinski definition) is 4. The zero-order chi connectivity index (χ0) is 12.1. The van der Waals surface area contributed by atoms with Gasteiger partial charge >= 0.3 is 0 Å². The van der Waals surface area contributed by atoms with Gasteiger partial charge in [0.15, 0.2) is 0 Å². The number of amides is 1. The summed E-state index contributed by atoms with van der Waals surface area (Å²) in [6.07, 6.45) is 1.50. The minimum Gasteiger partial charge on any atom is -0.418 e. The van der Waals surface area contributed by atoms with Gasteiger partial charge in [-0.2, -0.15) is 6.07 Å². The van der Waals surface area contributed by atoms with Crippen LogP contribution in [0.15, 0.2) is 12.3 Å². The number of anilines is 1. The summed E-state index contributed by atoms with van der Waals surface area (Å²) in [4.78, 5) is 17.1. The van der Waals surface area contributed by atoms with E-state index >= 15 is 0 Å². The van der Waals surface area contributed by atoms with Crippen LogP contribution in [0.3, 0.4) is 0 Å². The van der Waals surface area contributed by atoms with Gasteiger partial charge < -0.3 is 20.4 Å². The molecular weight excluding hydrogens is 307 g/mol. The summed E-state index contributed by atoms with van der Waals surface area (Å²) < 4.78 is 5.02. The Morgan fingerprint density at radius 1 is 1.61 bits per heavy atom. The first-order valence-electron chi connectivity index (χ1n) is 5.23. The molecule has 0 bridgehead atoms. The summed E-state index contributed by atoms with van der Waals surface area (Å²) in [5.41, 5.74) is 6.54. The summed E-state index contributed by atoms with van der Waals surface area (Å²) in [6, 6.07) is 4.44. The number of carbonyl (C=O) groups is 1. The Morgan fingerprint density at radius 3 is 3.11 bits per heavy atom. The SMILES string of the molecule is Nc1[c-]cc(C#CCN2CCOCC2=O)nc1.[Y]. The Bertz CT molecular complexity index is 464. The summed E-state index contributed by atoms with van der Waals surface area (Å²) in [5.74, 6) is 5.73. The van der Waals surface area contributed by atoms with Gasteiger partial charge in [0.05, 0.1) is 13.2 Å². The minimum atomic E-state index is -0.0256. The van der Waals surface area contributed by atoms with Gasteiger partial charge in [0.1, 0.15) is 6.61 Å². The molecule has 1 radical (unpaired) electrons. The number of nitrogens with two attached hydrogens (primary N) is 1. The van der Waals surface area contributed by atoms with Crippen LogP contribution in [0.4, 0.5) is 5.69 Å². The monoisotopic (exact) mass is 319 g/mol. The summed E-state index contributed by atoms with van der Waals surface area (Å²) in [7, 11) is 0. The number of hydrogen-bond donors (Lipinski definition) is 1. The summed E-state index contributed by atoms with van der Waals surface area (Å²) >= 11 is 0. The van der Waals surface area contributed by atoms with Crippen LogP contribution in [-0.4, -0.2) is 42.1 Å². The topological polar surface area (TPSA) is 68.4 Å². The molecule has 1 aromatic heterocycles. The number of ether oxygens (including phenoxy) is 1. The van der Waals surface area contributed by atoms with E-state index < -0.39 is 0 Å². The Balaban J connectivity index is 0.00000162. The zero-order valence-electron chi connectivity index (χ0n) is 9.85. The van der Waals surface area contributed by atoms with Crippen LogP contribution in [0.25, 0.3) is 0 Å². The van der Waals surface area contributed by atoms with Gasteiger partial charge in [0.2, 0.25) is 5.91 Å². The van der Waals surface area contributed by atoms with Crippen LogP contribution in [0.5, 0.6) is 0 Å². The molecular formula is C12H12N3O2Y-. The summed E-state index contributed by atoms with van der Waals surface area (Å²) in [5, 5.41) is 0. The van der Waals surface area contributed by atoms with Crippen molar-refractivity contribution >= 4 is 11.6 Å². The van der Waals surface area contributed by atoms with Crippen molar-refractivity contribution in [3.8, 4) is 11.8 Å². The van der Waals surface area contributed by atoms with Crippen molar-refractivity contribution in [3.05, 3.63) is 24.0 Å². The van der Waals surface area contributed by atoms with Gasteiger partial charge in [0, 0.05) is 39.3 Å². The standard InChI is InChI=1S/C12H12N3O2.Y/c13-10-3-4-11(14-8-10)2-1-5-15-6-7-17-9-12(15)16;/h4,8H,5-7,9,13H2;/q-1;. The second-order valence-corrected chi connectivity index (χ2v) is 3.56. The molecule has 6 heteroatoms. The van der Waals surface area contributed by atoms with E-state index in [-0.39, 0.29) is 45.2 Å². The molecule has 1 saturated heterocycles. The molecule has 2 N–H and O–H groups in total. The maximum atomic E-state index is 11.4. The first kappa shape index (κ1) is 15.1. The molecule has 1 aliphatic rings. The van der Waals surface area contributed by atoms with Crippen molar-refractivity contribution in [2.24, 2.45) is 0 Å². The van der Waals surface area contributed by atoms with Gasteiger partial charge in [-0.25, -0.2) is 0 Å². The van der Waals surface area contributed by atoms with E-state index in [1.54, 1.807) is 11.0 Å². The molecule has 1 fully saturated rings. The van der Waals surface area contributed by atoms with Crippen LogP contribution in [0, 0.1) is 17.9 Å². The number of carbonyl (C=O) groups excluding carboxylic acids is 1. The fourth-order valence-electron chi connectivity index (χ4n) is 1.38. The number of nitrogens with zero attached hydrogens (tertiary/aromatic N) is 2. The smallest absolute Gasteiger partial charge is 0.249 e. The van der Waals surface area contributed by atoms with Crippen LogP contribution in [0.1, 0.15) is 5.69 Å². The number of pyridine rings is 1. The molecule has 0 aliphatic carbocycles. The van der Waals surface area contributed by atoms with Crippen LogP contribution in [0.2, 0.25) is 0 Å². The van der Waals surface area contributed by atoms with E-state index in [4.69, 9.17) is 10.5 Å². The van der Waals surface area contributed by atoms with Crippen molar-refractivity contribution < 1.29 is 42.2 Å². The molecule has 1 amide bonds. The molecule has 18 heavy (non-hydrogen) atoms. The second kappa shape index (κ2) is 7.47. The average Bonchev–Trinajstić information content (AvgIpc) is 2.34. The molecule has 2 rings (SSSR count). The van der Waals surface area contributed by atoms with Gasteiger partial charge in [-0.15, -0.1) is 12.0 Å². The quantitative estimate of drug-likeness (QED) is 0.569.